The van der Waals surface area contributed by atoms with Gasteiger partial charge in [0.15, 0.2) is 5.82 Å². The van der Waals surface area contributed by atoms with Gasteiger partial charge in [-0.1, -0.05) is 26.0 Å². The number of aliphatic hydroxyl groups is 1. The number of piperidine rings is 1. The van der Waals surface area contributed by atoms with Crippen LogP contribution in [0, 0.1) is 5.92 Å². The van der Waals surface area contributed by atoms with Crippen LogP contribution in [-0.2, 0) is 4.74 Å². The summed E-state index contributed by atoms with van der Waals surface area (Å²) in [5.74, 6) is 2.37. The molecule has 2 fully saturated rings. The zero-order valence-electron chi connectivity index (χ0n) is 23.7. The quantitative estimate of drug-likeness (QED) is 0.403. The van der Waals surface area contributed by atoms with E-state index in [9.17, 15) is 9.90 Å². The van der Waals surface area contributed by atoms with Gasteiger partial charge in [0.1, 0.15) is 17.0 Å². The van der Waals surface area contributed by atoms with Gasteiger partial charge in [0, 0.05) is 32.1 Å². The molecule has 5 heterocycles. The number of likely N-dealkylation sites (tertiary alicyclic amines) is 1. The second-order valence-corrected chi connectivity index (χ2v) is 11.7. The van der Waals surface area contributed by atoms with Crippen LogP contribution in [0.2, 0.25) is 0 Å². The Bertz CT molecular complexity index is 1540. The van der Waals surface area contributed by atoms with E-state index in [0.717, 1.165) is 29.7 Å². The monoisotopic (exact) mass is 543 g/mol. The average molecular weight is 544 g/mol. The summed E-state index contributed by atoms with van der Waals surface area (Å²) in [6, 6.07) is 11.7. The number of morpholine rings is 1. The van der Waals surface area contributed by atoms with Crippen molar-refractivity contribution in [3.8, 4) is 5.95 Å². The second-order valence-electron chi connectivity index (χ2n) is 11.7. The fourth-order valence-electron chi connectivity index (χ4n) is 5.79. The molecular weight excluding hydrogens is 506 g/mol. The molecule has 3 aromatic heterocycles. The predicted molar refractivity (Wildman–Crippen MR) is 154 cm³/mol. The largest absolute Gasteiger partial charge is 0.390 e. The lowest BCUT2D eigenvalue weighted by Crippen LogP contribution is -2.44. The molecule has 10 heteroatoms. The first-order valence-corrected chi connectivity index (χ1v) is 14.2. The van der Waals surface area contributed by atoms with Gasteiger partial charge in [-0.15, -0.1) is 0 Å². The van der Waals surface area contributed by atoms with Gasteiger partial charge in [0.2, 0.25) is 5.95 Å². The minimum Gasteiger partial charge on any atom is -0.390 e. The molecule has 2 aliphatic heterocycles. The highest BCUT2D eigenvalue weighted by Gasteiger charge is 2.33. The van der Waals surface area contributed by atoms with E-state index >= 15 is 0 Å². The SMILES string of the molecule is CC(C)c1nc2ccccc2n1-c1nc(N2CCOCC2)c2nc(C(=O)N3CCC(C(C)(C)O)CC3)ccc2n1. The number of hydrogen-bond acceptors (Lipinski definition) is 8. The summed E-state index contributed by atoms with van der Waals surface area (Å²) in [7, 11) is 0. The van der Waals surface area contributed by atoms with E-state index in [1.54, 1.807) is 6.07 Å². The first-order valence-electron chi connectivity index (χ1n) is 14.2. The van der Waals surface area contributed by atoms with Crippen LogP contribution in [-0.4, -0.2) is 85.4 Å². The van der Waals surface area contributed by atoms with Crippen LogP contribution in [0.3, 0.4) is 0 Å². The molecule has 1 amide bonds. The number of carbonyl (C=O) groups is 1. The second kappa shape index (κ2) is 10.4. The maximum atomic E-state index is 13.5. The van der Waals surface area contributed by atoms with Crippen LogP contribution in [0.4, 0.5) is 5.82 Å². The summed E-state index contributed by atoms with van der Waals surface area (Å²) >= 11 is 0. The van der Waals surface area contributed by atoms with E-state index < -0.39 is 5.60 Å². The van der Waals surface area contributed by atoms with Crippen molar-refractivity contribution in [2.75, 3.05) is 44.3 Å². The number of anilines is 1. The van der Waals surface area contributed by atoms with Gasteiger partial charge < -0.3 is 19.6 Å². The Hall–Kier alpha value is -3.63. The number of benzene rings is 1. The molecule has 2 saturated heterocycles. The third-order valence-electron chi connectivity index (χ3n) is 8.13. The van der Waals surface area contributed by atoms with E-state index in [0.29, 0.717) is 67.9 Å². The molecule has 40 heavy (non-hydrogen) atoms. The summed E-state index contributed by atoms with van der Waals surface area (Å²) < 4.78 is 7.66. The molecule has 4 aromatic rings. The van der Waals surface area contributed by atoms with Crippen molar-refractivity contribution >= 4 is 33.8 Å². The third-order valence-corrected chi connectivity index (χ3v) is 8.13. The number of nitrogens with zero attached hydrogens (tertiary/aromatic N) is 7. The topological polar surface area (TPSA) is 110 Å². The molecule has 0 unspecified atom stereocenters. The van der Waals surface area contributed by atoms with Gasteiger partial charge in [-0.05, 0) is 56.9 Å². The van der Waals surface area contributed by atoms with Crippen LogP contribution in [0.1, 0.15) is 62.8 Å². The van der Waals surface area contributed by atoms with Crippen LogP contribution in [0.15, 0.2) is 36.4 Å². The molecule has 0 spiro atoms. The zero-order chi connectivity index (χ0) is 28.0. The minimum absolute atomic E-state index is 0.101. The number of amides is 1. The number of hydrogen-bond donors (Lipinski definition) is 1. The van der Waals surface area contributed by atoms with Gasteiger partial charge in [-0.3, -0.25) is 9.36 Å². The van der Waals surface area contributed by atoms with Crippen molar-refractivity contribution in [3.05, 3.63) is 47.9 Å². The summed E-state index contributed by atoms with van der Waals surface area (Å²) in [6.07, 6.45) is 1.54. The number of ether oxygens (including phenoxy) is 1. The summed E-state index contributed by atoms with van der Waals surface area (Å²) in [4.78, 5) is 37.3. The van der Waals surface area contributed by atoms with Gasteiger partial charge in [0.05, 0.1) is 35.4 Å². The molecular formula is C30H37N7O3. The molecule has 2 aliphatic rings. The molecule has 1 aromatic carbocycles. The fourth-order valence-corrected chi connectivity index (χ4v) is 5.79. The standard InChI is InChI=1S/C30H37N7O3/c1-19(2)26-32-21-7-5-6-8-24(21)37(26)29-33-22-9-10-23(28(38)36-13-11-20(12-14-36)30(3,4)39)31-25(22)27(34-29)35-15-17-40-18-16-35/h5-10,19-20,39H,11-18H2,1-4H3. The van der Waals surface area contributed by atoms with Gasteiger partial charge >= 0.3 is 0 Å². The van der Waals surface area contributed by atoms with Crippen LogP contribution in [0.5, 0.6) is 0 Å². The Kier molecular flexibility index (Phi) is 6.92. The van der Waals surface area contributed by atoms with E-state index in [4.69, 9.17) is 24.7 Å². The Morgan fingerprint density at radius 3 is 2.38 bits per heavy atom. The number of fused-ring (bicyclic) bond motifs is 2. The lowest BCUT2D eigenvalue weighted by molar-refractivity contribution is -0.0109. The number of carbonyl (C=O) groups excluding carboxylic acids is 1. The minimum atomic E-state index is -0.742. The Labute approximate surface area is 234 Å². The summed E-state index contributed by atoms with van der Waals surface area (Å²) in [5.41, 5.74) is 2.78. The van der Waals surface area contributed by atoms with E-state index in [1.165, 1.54) is 0 Å². The number of rotatable bonds is 5. The van der Waals surface area contributed by atoms with Crippen molar-refractivity contribution in [2.24, 2.45) is 5.92 Å². The number of imidazole rings is 1. The first-order chi connectivity index (χ1) is 19.2. The van der Waals surface area contributed by atoms with Crippen molar-refractivity contribution in [2.45, 2.75) is 52.1 Å². The fraction of sp³-hybridized carbons (Fsp3) is 0.500. The van der Waals surface area contributed by atoms with Crippen LogP contribution < -0.4 is 4.90 Å². The molecule has 1 N–H and O–H groups in total. The highest BCUT2D eigenvalue weighted by molar-refractivity contribution is 5.96. The molecule has 210 valence electrons. The highest BCUT2D eigenvalue weighted by Crippen LogP contribution is 2.31. The third kappa shape index (κ3) is 4.90. The van der Waals surface area contributed by atoms with Crippen LogP contribution >= 0.6 is 0 Å². The van der Waals surface area contributed by atoms with E-state index in [2.05, 4.69) is 18.7 Å². The maximum absolute atomic E-state index is 13.5. The molecule has 0 bridgehead atoms. The van der Waals surface area contributed by atoms with Crippen molar-refractivity contribution in [1.82, 2.24) is 29.4 Å². The van der Waals surface area contributed by atoms with Crippen molar-refractivity contribution in [1.29, 1.82) is 0 Å². The number of para-hydroxylation sites is 2. The lowest BCUT2D eigenvalue weighted by atomic mass is 9.83. The van der Waals surface area contributed by atoms with Gasteiger partial charge in [-0.25, -0.2) is 15.0 Å². The summed E-state index contributed by atoms with van der Waals surface area (Å²) in [6.45, 7) is 11.7. The smallest absolute Gasteiger partial charge is 0.272 e. The normalized spacial score (nSPS) is 17.4. The van der Waals surface area contributed by atoms with E-state index in [1.807, 2.05) is 53.6 Å². The molecule has 10 nitrogen and oxygen atoms in total. The van der Waals surface area contributed by atoms with Gasteiger partial charge in [-0.2, -0.15) is 4.98 Å². The predicted octanol–water partition coefficient (Wildman–Crippen LogP) is 3.95. The molecule has 6 rings (SSSR count). The first kappa shape index (κ1) is 26.6. The molecule has 0 saturated carbocycles. The Morgan fingerprint density at radius 1 is 0.950 bits per heavy atom. The van der Waals surface area contributed by atoms with Crippen LogP contribution in [0.25, 0.3) is 28.0 Å². The average Bonchev–Trinajstić information content (AvgIpc) is 3.36. The van der Waals surface area contributed by atoms with E-state index in [-0.39, 0.29) is 17.7 Å². The summed E-state index contributed by atoms with van der Waals surface area (Å²) in [5, 5.41) is 10.4. The lowest BCUT2D eigenvalue weighted by Gasteiger charge is -2.37. The number of pyridine rings is 1. The number of aromatic nitrogens is 5. The highest BCUT2D eigenvalue weighted by atomic mass is 16.5. The zero-order valence-corrected chi connectivity index (χ0v) is 23.7. The molecule has 0 atom stereocenters. The molecule has 0 aliphatic carbocycles. The Morgan fingerprint density at radius 2 is 1.68 bits per heavy atom. The van der Waals surface area contributed by atoms with Gasteiger partial charge in [0.25, 0.3) is 5.91 Å². The molecule has 0 radical (unpaired) electrons. The Balaban J connectivity index is 1.42. The van der Waals surface area contributed by atoms with Crippen molar-refractivity contribution in [3.63, 3.8) is 0 Å². The van der Waals surface area contributed by atoms with Crippen molar-refractivity contribution < 1.29 is 14.6 Å². The maximum Gasteiger partial charge on any atom is 0.272 e.